The van der Waals surface area contributed by atoms with Gasteiger partial charge in [0.05, 0.1) is 24.5 Å². The minimum atomic E-state index is -1.04. The maximum absolute atomic E-state index is 11.0. The number of carbonyl (C=O) groups is 1. The summed E-state index contributed by atoms with van der Waals surface area (Å²) in [7, 11) is 1.48. The second-order valence-electron chi connectivity index (χ2n) is 3.59. The molecule has 0 unspecified atom stereocenters. The highest BCUT2D eigenvalue weighted by molar-refractivity contribution is 5.90. The Morgan fingerprint density at radius 3 is 2.17 bits per heavy atom. The van der Waals surface area contributed by atoms with Crippen LogP contribution in [0.25, 0.3) is 0 Å². The van der Waals surface area contributed by atoms with Gasteiger partial charge in [-0.3, -0.25) is 4.90 Å². The Balaban J connectivity index is 3.18. The third-order valence-corrected chi connectivity index (χ3v) is 2.43. The smallest absolute Gasteiger partial charge is 0.411 e. The molecule has 0 saturated carbocycles. The molecule has 1 amide bonds. The molecule has 1 rings (SSSR count). The van der Waals surface area contributed by atoms with Gasteiger partial charge in [0, 0.05) is 7.05 Å². The molecule has 0 radical (unpaired) electrons. The third kappa shape index (κ3) is 2.96. The van der Waals surface area contributed by atoms with Gasteiger partial charge in [0.1, 0.15) is 0 Å². The van der Waals surface area contributed by atoms with Crippen molar-refractivity contribution in [2.24, 2.45) is 0 Å². The van der Waals surface area contributed by atoms with Gasteiger partial charge in [0.15, 0.2) is 0 Å². The summed E-state index contributed by atoms with van der Waals surface area (Å²) in [5.74, 6) is 5.02. The first-order valence-electron chi connectivity index (χ1n) is 5.29. The lowest BCUT2D eigenvalue weighted by atomic mass is 10.2. The van der Waals surface area contributed by atoms with E-state index in [2.05, 4.69) is 11.8 Å². The maximum Gasteiger partial charge on any atom is 0.411 e. The quantitative estimate of drug-likeness (QED) is 0.820. The second-order valence-corrected chi connectivity index (χ2v) is 3.59. The minimum Gasteiger partial charge on any atom is -0.465 e. The Kier molecular flexibility index (Phi) is 4.66. The molecular weight excluding hydrogens is 228 g/mol. The van der Waals surface area contributed by atoms with Gasteiger partial charge >= 0.3 is 6.09 Å². The summed E-state index contributed by atoms with van der Waals surface area (Å²) in [5.41, 5.74) is 1.26. The number of rotatable bonds is 4. The van der Waals surface area contributed by atoms with Crippen LogP contribution in [-0.2, 0) is 0 Å². The molecule has 1 N–H and O–H groups in total. The van der Waals surface area contributed by atoms with Crippen molar-refractivity contribution in [2.45, 2.75) is 0 Å². The van der Waals surface area contributed by atoms with Gasteiger partial charge in [-0.25, -0.2) is 4.79 Å². The molecule has 1 aromatic rings. The molecule has 0 spiro atoms. The van der Waals surface area contributed by atoms with Crippen molar-refractivity contribution < 1.29 is 9.90 Å². The summed E-state index contributed by atoms with van der Waals surface area (Å²) in [4.78, 5) is 13.9. The molecule has 18 heavy (non-hydrogen) atoms. The maximum atomic E-state index is 11.0. The third-order valence-electron chi connectivity index (χ3n) is 2.43. The van der Waals surface area contributed by atoms with Crippen LogP contribution >= 0.6 is 0 Å². The molecule has 0 atom stereocenters. The molecule has 0 aliphatic rings. The van der Waals surface area contributed by atoms with E-state index in [1.165, 1.54) is 7.05 Å². The van der Waals surface area contributed by atoms with Crippen molar-refractivity contribution in [2.75, 3.05) is 29.9 Å². The first-order valence-corrected chi connectivity index (χ1v) is 5.29. The number of carboxylic acid groups (broad SMARTS) is 1. The summed E-state index contributed by atoms with van der Waals surface area (Å²) in [6, 6.07) is 7.09. The standard InChI is InChI=1S/C14H14N2O2/c1-4-10-16(11-5-2)13-9-7-6-8-12(13)15(3)14(17)18/h1-2,6-9H,10-11H2,3H3,(H,17,18). The van der Waals surface area contributed by atoms with Crippen LogP contribution in [0.4, 0.5) is 16.2 Å². The van der Waals surface area contributed by atoms with Crippen molar-refractivity contribution >= 4 is 17.5 Å². The minimum absolute atomic E-state index is 0.328. The fourth-order valence-electron chi connectivity index (χ4n) is 1.56. The zero-order valence-corrected chi connectivity index (χ0v) is 10.1. The van der Waals surface area contributed by atoms with Crippen LogP contribution < -0.4 is 9.80 Å². The Morgan fingerprint density at radius 2 is 1.72 bits per heavy atom. The molecule has 92 valence electrons. The molecule has 0 heterocycles. The van der Waals surface area contributed by atoms with Gasteiger partial charge in [0.2, 0.25) is 0 Å². The molecule has 4 nitrogen and oxygen atoms in total. The van der Waals surface area contributed by atoms with Gasteiger partial charge in [0.25, 0.3) is 0 Å². The van der Waals surface area contributed by atoms with Crippen molar-refractivity contribution in [3.63, 3.8) is 0 Å². The summed E-state index contributed by atoms with van der Waals surface area (Å²) < 4.78 is 0. The Hall–Kier alpha value is -2.59. The van der Waals surface area contributed by atoms with Crippen LogP contribution in [0.1, 0.15) is 0 Å². The largest absolute Gasteiger partial charge is 0.465 e. The van der Waals surface area contributed by atoms with Crippen molar-refractivity contribution in [3.05, 3.63) is 24.3 Å². The summed E-state index contributed by atoms with van der Waals surface area (Å²) in [6.45, 7) is 0.656. The van der Waals surface area contributed by atoms with E-state index in [4.69, 9.17) is 18.0 Å². The molecule has 0 aliphatic heterocycles. The molecule has 4 heteroatoms. The van der Waals surface area contributed by atoms with Gasteiger partial charge in [-0.1, -0.05) is 24.0 Å². The molecule has 0 aliphatic carbocycles. The molecule has 0 saturated heterocycles. The van der Waals surface area contributed by atoms with E-state index in [0.29, 0.717) is 24.5 Å². The highest BCUT2D eigenvalue weighted by Crippen LogP contribution is 2.28. The van der Waals surface area contributed by atoms with Crippen LogP contribution in [-0.4, -0.2) is 31.3 Å². The van der Waals surface area contributed by atoms with E-state index in [9.17, 15) is 4.79 Å². The average molecular weight is 242 g/mol. The van der Waals surface area contributed by atoms with Crippen LogP contribution in [0.2, 0.25) is 0 Å². The van der Waals surface area contributed by atoms with Crippen molar-refractivity contribution in [3.8, 4) is 24.7 Å². The van der Waals surface area contributed by atoms with Crippen LogP contribution in [0.15, 0.2) is 24.3 Å². The van der Waals surface area contributed by atoms with E-state index in [1.54, 1.807) is 23.1 Å². The summed E-state index contributed by atoms with van der Waals surface area (Å²) in [6.07, 6.45) is 9.55. The number of anilines is 2. The highest BCUT2D eigenvalue weighted by atomic mass is 16.4. The predicted molar refractivity (Wildman–Crippen MR) is 72.7 cm³/mol. The van der Waals surface area contributed by atoms with Crippen LogP contribution in [0, 0.1) is 24.7 Å². The average Bonchev–Trinajstić information content (AvgIpc) is 2.37. The van der Waals surface area contributed by atoms with Crippen molar-refractivity contribution in [1.82, 2.24) is 0 Å². The first-order chi connectivity index (χ1) is 8.61. The number of terminal acetylenes is 2. The number of benzene rings is 1. The number of amides is 1. The number of hydrogen-bond donors (Lipinski definition) is 1. The van der Waals surface area contributed by atoms with E-state index in [-0.39, 0.29) is 0 Å². The lowest BCUT2D eigenvalue weighted by molar-refractivity contribution is 0.203. The molecule has 0 fully saturated rings. The van der Waals surface area contributed by atoms with E-state index >= 15 is 0 Å². The van der Waals surface area contributed by atoms with E-state index < -0.39 is 6.09 Å². The Bertz CT molecular complexity index is 495. The topological polar surface area (TPSA) is 43.8 Å². The summed E-state index contributed by atoms with van der Waals surface area (Å²) in [5, 5.41) is 9.03. The number of hydrogen-bond acceptors (Lipinski definition) is 2. The Morgan fingerprint density at radius 1 is 1.22 bits per heavy atom. The zero-order chi connectivity index (χ0) is 13.5. The van der Waals surface area contributed by atoms with Crippen molar-refractivity contribution in [1.29, 1.82) is 0 Å². The molecule has 0 aromatic heterocycles. The fraction of sp³-hybridized carbons (Fsp3) is 0.214. The normalized spacial score (nSPS) is 9.06. The summed E-state index contributed by atoms with van der Waals surface area (Å²) >= 11 is 0. The molecule has 1 aromatic carbocycles. The monoisotopic (exact) mass is 242 g/mol. The zero-order valence-electron chi connectivity index (χ0n) is 10.1. The first kappa shape index (κ1) is 13.5. The van der Waals surface area contributed by atoms with Gasteiger partial charge < -0.3 is 10.0 Å². The van der Waals surface area contributed by atoms with Gasteiger partial charge in [-0.05, 0) is 12.1 Å². The number of para-hydroxylation sites is 2. The second kappa shape index (κ2) is 6.22. The molecule has 0 bridgehead atoms. The predicted octanol–water partition coefficient (Wildman–Crippen LogP) is 1.87. The van der Waals surface area contributed by atoms with Crippen LogP contribution in [0.5, 0.6) is 0 Å². The SMILES string of the molecule is C#CCN(CC#C)c1ccccc1N(C)C(=O)O. The highest BCUT2D eigenvalue weighted by Gasteiger charge is 2.16. The van der Waals surface area contributed by atoms with E-state index in [0.717, 1.165) is 4.90 Å². The number of nitrogens with zero attached hydrogens (tertiary/aromatic N) is 2. The Labute approximate surface area is 107 Å². The fourth-order valence-corrected chi connectivity index (χ4v) is 1.56. The van der Waals surface area contributed by atoms with Crippen LogP contribution in [0.3, 0.4) is 0 Å². The van der Waals surface area contributed by atoms with E-state index in [1.807, 2.05) is 6.07 Å². The lowest BCUT2D eigenvalue weighted by Crippen LogP contribution is -2.29. The van der Waals surface area contributed by atoms with Gasteiger partial charge in [-0.15, -0.1) is 12.8 Å². The molecular formula is C14H14N2O2. The lowest BCUT2D eigenvalue weighted by Gasteiger charge is -2.25. The van der Waals surface area contributed by atoms with Gasteiger partial charge in [-0.2, -0.15) is 0 Å².